The van der Waals surface area contributed by atoms with Crippen LogP contribution in [0.2, 0.25) is 0 Å². The van der Waals surface area contributed by atoms with Crippen molar-refractivity contribution in [2.24, 2.45) is 5.73 Å². The molecular formula is C36H35N2O5+. The second kappa shape index (κ2) is 20.6. The van der Waals surface area contributed by atoms with Gasteiger partial charge in [0.25, 0.3) is 0 Å². The zero-order chi connectivity index (χ0) is 31.1. The van der Waals surface area contributed by atoms with Crippen LogP contribution in [0, 0.1) is 24.7 Å². The Morgan fingerprint density at radius 1 is 0.721 bits per heavy atom. The quantitative estimate of drug-likeness (QED) is 0.172. The van der Waals surface area contributed by atoms with Crippen LogP contribution >= 0.6 is 0 Å². The van der Waals surface area contributed by atoms with Gasteiger partial charge in [-0.1, -0.05) is 90.8 Å². The summed E-state index contributed by atoms with van der Waals surface area (Å²) < 4.78 is 11.3. The number of terminal acetylenes is 1. The number of hydrogen-bond acceptors (Lipinski definition) is 5. The summed E-state index contributed by atoms with van der Waals surface area (Å²) in [5, 5.41) is 11.3. The molecule has 43 heavy (non-hydrogen) atoms. The van der Waals surface area contributed by atoms with Crippen molar-refractivity contribution in [2.45, 2.75) is 26.1 Å². The number of carbonyl (C=O) groups excluding carboxylic acids is 1. The van der Waals surface area contributed by atoms with E-state index < -0.39 is 5.97 Å². The average Bonchev–Trinajstić information content (AvgIpc) is 3.04. The van der Waals surface area contributed by atoms with E-state index in [1.807, 2.05) is 90.8 Å². The van der Waals surface area contributed by atoms with Crippen molar-refractivity contribution in [2.75, 3.05) is 13.1 Å². The fourth-order valence-electron chi connectivity index (χ4n) is 3.46. The molecule has 4 aromatic rings. The van der Waals surface area contributed by atoms with Crippen LogP contribution in [0.3, 0.4) is 0 Å². The first-order valence-electron chi connectivity index (χ1n) is 13.5. The first kappa shape index (κ1) is 33.9. The van der Waals surface area contributed by atoms with Crippen molar-refractivity contribution in [3.8, 4) is 29.8 Å². The Morgan fingerprint density at radius 3 is 1.51 bits per heavy atom. The van der Waals surface area contributed by atoms with E-state index in [1.54, 1.807) is 24.3 Å². The Labute approximate surface area is 253 Å². The van der Waals surface area contributed by atoms with Crippen molar-refractivity contribution >= 4 is 11.9 Å². The zero-order valence-corrected chi connectivity index (χ0v) is 23.9. The van der Waals surface area contributed by atoms with Crippen molar-refractivity contribution in [1.82, 2.24) is 5.32 Å². The predicted octanol–water partition coefficient (Wildman–Crippen LogP) is 4.99. The molecule has 0 unspecified atom stereocenters. The third-order valence-corrected chi connectivity index (χ3v) is 5.55. The van der Waals surface area contributed by atoms with E-state index in [4.69, 9.17) is 33.2 Å². The molecule has 0 aromatic heterocycles. The van der Waals surface area contributed by atoms with Crippen LogP contribution in [0.25, 0.3) is 0 Å². The molecule has 4 aromatic carbocycles. The van der Waals surface area contributed by atoms with Crippen molar-refractivity contribution < 1.29 is 24.2 Å². The summed E-state index contributed by atoms with van der Waals surface area (Å²) in [5.74, 6) is 4.96. The average molecular weight is 576 g/mol. The van der Waals surface area contributed by atoms with E-state index in [-0.39, 0.29) is 25.4 Å². The van der Waals surface area contributed by atoms with Crippen LogP contribution in [-0.2, 0) is 35.6 Å². The van der Waals surface area contributed by atoms with Gasteiger partial charge < -0.3 is 19.9 Å². The number of carboxylic acid groups (broad SMARTS) is 1. The minimum atomic E-state index is -0.826. The molecular weight excluding hydrogens is 540 g/mol. The number of rotatable bonds is 11. The number of benzene rings is 4. The summed E-state index contributed by atoms with van der Waals surface area (Å²) in [6.45, 7) is 1.54. The second-order valence-electron chi connectivity index (χ2n) is 8.95. The molecule has 7 nitrogen and oxygen atoms in total. The van der Waals surface area contributed by atoms with Gasteiger partial charge in [0.15, 0.2) is 0 Å². The van der Waals surface area contributed by atoms with Crippen molar-refractivity contribution in [1.29, 1.82) is 0 Å². The van der Waals surface area contributed by atoms with E-state index in [1.165, 1.54) is 0 Å². The fraction of sp³-hybridized carbons (Fsp3) is 0.167. The second-order valence-corrected chi connectivity index (χ2v) is 8.95. The normalized spacial score (nSPS) is 9.44. The number of nitrogens with two attached hydrogens (primary N) is 1. The SMILES string of the molecule is C#CCNC(=O)Cc1ccc(OCc2ccccc2)cc1.O=C(O)Cc1ccc(OCc2ccccc2)cc1.[C+]#CCN. The Hall–Kier alpha value is -5.28. The maximum atomic E-state index is 11.5. The molecule has 0 fully saturated rings. The summed E-state index contributed by atoms with van der Waals surface area (Å²) in [7, 11) is 0. The molecule has 0 saturated heterocycles. The van der Waals surface area contributed by atoms with Crippen LogP contribution in [0.15, 0.2) is 109 Å². The molecule has 218 valence electrons. The Bertz CT molecular complexity index is 1440. The molecule has 4 rings (SSSR count). The summed E-state index contributed by atoms with van der Waals surface area (Å²) in [4.78, 5) is 22.1. The third-order valence-electron chi connectivity index (χ3n) is 5.55. The van der Waals surface area contributed by atoms with Gasteiger partial charge in [0, 0.05) is 0 Å². The third kappa shape index (κ3) is 15.3. The van der Waals surface area contributed by atoms with E-state index in [2.05, 4.69) is 11.2 Å². The van der Waals surface area contributed by atoms with Gasteiger partial charge in [-0.2, -0.15) is 0 Å². The molecule has 0 spiro atoms. The molecule has 0 atom stereocenters. The van der Waals surface area contributed by atoms with Crippen molar-refractivity contribution in [3.63, 3.8) is 0 Å². The molecule has 7 heteroatoms. The number of hydrogen-bond donors (Lipinski definition) is 3. The minimum absolute atomic E-state index is 0.0406. The van der Waals surface area contributed by atoms with Gasteiger partial charge in [0.1, 0.15) is 24.7 Å². The monoisotopic (exact) mass is 575 g/mol. The summed E-state index contributed by atoms with van der Waals surface area (Å²) in [6, 6.07) is 34.5. The standard InChI is InChI=1S/C18H17NO2.C15H14O3.C3H4N/c1-2-12-19-18(20)13-15-8-10-17(11-9-15)21-14-16-6-4-3-5-7-16;16-15(17)10-12-6-8-14(9-7-12)18-11-13-4-2-1-3-5-13;1-2-3-4/h1,3-11H,12-14H2,(H,19,20);1-9H,10-11H2,(H,16,17);3-4H2/q;;+1. The van der Waals surface area contributed by atoms with Crippen LogP contribution in [0.5, 0.6) is 11.5 Å². The number of carboxylic acids is 1. The topological polar surface area (TPSA) is 111 Å². The predicted molar refractivity (Wildman–Crippen MR) is 168 cm³/mol. The number of aliphatic carboxylic acids is 1. The molecule has 4 N–H and O–H groups in total. The van der Waals surface area contributed by atoms with E-state index in [0.29, 0.717) is 19.6 Å². The number of carbonyl (C=O) groups is 2. The Kier molecular flexibility index (Phi) is 16.2. The van der Waals surface area contributed by atoms with Gasteiger partial charge in [-0.15, -0.1) is 6.42 Å². The van der Waals surface area contributed by atoms with Crippen LogP contribution in [0.4, 0.5) is 0 Å². The number of nitrogens with one attached hydrogen (secondary N) is 1. The van der Waals surface area contributed by atoms with Crippen molar-refractivity contribution in [3.05, 3.63) is 138 Å². The zero-order valence-electron chi connectivity index (χ0n) is 23.9. The van der Waals surface area contributed by atoms with E-state index in [0.717, 1.165) is 33.8 Å². The fourth-order valence-corrected chi connectivity index (χ4v) is 3.46. The summed E-state index contributed by atoms with van der Waals surface area (Å²) in [5.41, 5.74) is 8.65. The molecule has 0 aliphatic heterocycles. The Balaban J connectivity index is 0.000000269. The van der Waals surface area contributed by atoms with Crippen LogP contribution in [-0.4, -0.2) is 30.1 Å². The van der Waals surface area contributed by atoms with Gasteiger partial charge in [-0.05, 0) is 46.5 Å². The van der Waals surface area contributed by atoms with Gasteiger partial charge in [-0.3, -0.25) is 9.59 Å². The summed E-state index contributed by atoms with van der Waals surface area (Å²) in [6.07, 6.45) is 11.5. The molecule has 1 amide bonds. The van der Waals surface area contributed by atoms with E-state index >= 15 is 0 Å². The van der Waals surface area contributed by atoms with Gasteiger partial charge in [-0.25, -0.2) is 0 Å². The first-order valence-corrected chi connectivity index (χ1v) is 13.5. The molecule has 0 aliphatic carbocycles. The van der Waals surface area contributed by atoms with Gasteiger partial charge >= 0.3 is 30.6 Å². The summed E-state index contributed by atoms with van der Waals surface area (Å²) >= 11 is 0. The van der Waals surface area contributed by atoms with Gasteiger partial charge in [0.05, 0.1) is 19.4 Å². The van der Waals surface area contributed by atoms with E-state index in [9.17, 15) is 9.59 Å². The van der Waals surface area contributed by atoms with Crippen LogP contribution in [0.1, 0.15) is 22.3 Å². The number of amides is 1. The first-order chi connectivity index (χ1) is 20.9. The molecule has 0 aliphatic rings. The Morgan fingerprint density at radius 2 is 1.14 bits per heavy atom. The van der Waals surface area contributed by atoms with Crippen LogP contribution < -0.4 is 20.5 Å². The molecule has 0 saturated carbocycles. The molecule has 0 radical (unpaired) electrons. The molecule has 0 bridgehead atoms. The molecule has 0 heterocycles. The van der Waals surface area contributed by atoms with Gasteiger partial charge in [0.2, 0.25) is 5.91 Å². The number of ether oxygens (including phenoxy) is 2. The maximum absolute atomic E-state index is 11.5.